The van der Waals surface area contributed by atoms with E-state index in [2.05, 4.69) is 30.2 Å². The molecule has 1 fully saturated rings. The summed E-state index contributed by atoms with van der Waals surface area (Å²) >= 11 is 1.82. The highest BCUT2D eigenvalue weighted by atomic mass is 32.1. The lowest BCUT2D eigenvalue weighted by Crippen LogP contribution is -2.15. The number of aryl methyl sites for hydroxylation is 2. The fraction of sp³-hybridized carbons (Fsp3) is 0.529. The van der Waals surface area contributed by atoms with Crippen molar-refractivity contribution in [1.29, 1.82) is 0 Å². The van der Waals surface area contributed by atoms with Gasteiger partial charge in [0.25, 0.3) is 0 Å². The van der Waals surface area contributed by atoms with Crippen LogP contribution in [0.2, 0.25) is 0 Å². The summed E-state index contributed by atoms with van der Waals surface area (Å²) in [7, 11) is 0. The van der Waals surface area contributed by atoms with Gasteiger partial charge in [-0.2, -0.15) is 0 Å². The van der Waals surface area contributed by atoms with E-state index in [1.54, 1.807) is 0 Å². The Morgan fingerprint density at radius 1 is 1.33 bits per heavy atom. The van der Waals surface area contributed by atoms with E-state index in [1.165, 1.54) is 29.0 Å². The molecule has 21 heavy (non-hydrogen) atoms. The summed E-state index contributed by atoms with van der Waals surface area (Å²) in [6.45, 7) is 5.36. The zero-order chi connectivity index (χ0) is 14.7. The lowest BCUT2D eigenvalue weighted by molar-refractivity contribution is 0.686. The predicted molar refractivity (Wildman–Crippen MR) is 88.6 cm³/mol. The maximum atomic E-state index is 4.89. The Hall–Kier alpha value is -1.26. The van der Waals surface area contributed by atoms with Crippen molar-refractivity contribution in [3.8, 4) is 10.7 Å². The van der Waals surface area contributed by atoms with Crippen molar-refractivity contribution in [2.24, 2.45) is 0 Å². The van der Waals surface area contributed by atoms with E-state index in [9.17, 15) is 0 Å². The molecule has 0 amide bonds. The summed E-state index contributed by atoms with van der Waals surface area (Å²) in [5, 5.41) is 4.70. The average molecular weight is 301 g/mol. The monoisotopic (exact) mass is 301 g/mol. The molecule has 4 heteroatoms. The number of thiazole rings is 1. The van der Waals surface area contributed by atoms with Crippen LogP contribution in [-0.4, -0.2) is 16.0 Å². The van der Waals surface area contributed by atoms with Crippen LogP contribution in [0.4, 0.5) is 0 Å². The van der Waals surface area contributed by atoms with Crippen molar-refractivity contribution in [3.63, 3.8) is 0 Å². The summed E-state index contributed by atoms with van der Waals surface area (Å²) in [5.74, 6) is 0. The van der Waals surface area contributed by atoms with Gasteiger partial charge in [-0.15, -0.1) is 11.3 Å². The molecule has 2 heterocycles. The second-order valence-corrected chi connectivity index (χ2v) is 6.74. The van der Waals surface area contributed by atoms with Crippen LogP contribution in [0.15, 0.2) is 18.3 Å². The zero-order valence-corrected chi connectivity index (χ0v) is 13.7. The minimum Gasteiger partial charge on any atom is -0.309 e. The standard InChI is InChI=1S/C17H23N3S/c1-3-6-14-15(11-19-13-8-9-13)21-17(20-14)16-12(4-2)7-5-10-18-16/h5,7,10,13,19H,3-4,6,8-9,11H2,1-2H3. The summed E-state index contributed by atoms with van der Waals surface area (Å²) in [6, 6.07) is 4.91. The largest absolute Gasteiger partial charge is 0.309 e. The third-order valence-electron chi connectivity index (χ3n) is 3.87. The van der Waals surface area contributed by atoms with Crippen LogP contribution in [0.1, 0.15) is 49.2 Å². The maximum absolute atomic E-state index is 4.89. The van der Waals surface area contributed by atoms with E-state index >= 15 is 0 Å². The van der Waals surface area contributed by atoms with Crippen LogP contribution in [0.3, 0.4) is 0 Å². The second kappa shape index (κ2) is 6.67. The Balaban J connectivity index is 1.88. The molecule has 0 aliphatic heterocycles. The summed E-state index contributed by atoms with van der Waals surface area (Å²) in [5.41, 5.74) is 3.62. The molecule has 0 aromatic carbocycles. The minimum absolute atomic E-state index is 0.742. The van der Waals surface area contributed by atoms with Gasteiger partial charge in [-0.3, -0.25) is 4.98 Å². The molecule has 2 aromatic rings. The van der Waals surface area contributed by atoms with Gasteiger partial charge < -0.3 is 5.32 Å². The van der Waals surface area contributed by atoms with E-state index in [0.717, 1.165) is 42.6 Å². The maximum Gasteiger partial charge on any atom is 0.142 e. The fourth-order valence-electron chi connectivity index (χ4n) is 2.50. The fourth-order valence-corrected chi connectivity index (χ4v) is 3.59. The number of rotatable bonds is 7. The van der Waals surface area contributed by atoms with E-state index in [-0.39, 0.29) is 0 Å². The normalized spacial score (nSPS) is 14.6. The van der Waals surface area contributed by atoms with Gasteiger partial charge in [0.1, 0.15) is 10.7 Å². The highest BCUT2D eigenvalue weighted by Gasteiger charge is 2.22. The van der Waals surface area contributed by atoms with Gasteiger partial charge in [0.15, 0.2) is 0 Å². The summed E-state index contributed by atoms with van der Waals surface area (Å²) < 4.78 is 0. The van der Waals surface area contributed by atoms with Crippen LogP contribution in [0, 0.1) is 0 Å². The number of hydrogen-bond acceptors (Lipinski definition) is 4. The van der Waals surface area contributed by atoms with Gasteiger partial charge in [-0.25, -0.2) is 4.98 Å². The van der Waals surface area contributed by atoms with Crippen molar-refractivity contribution in [1.82, 2.24) is 15.3 Å². The number of pyridine rings is 1. The number of nitrogens with one attached hydrogen (secondary N) is 1. The lowest BCUT2D eigenvalue weighted by atomic mass is 10.1. The Morgan fingerprint density at radius 3 is 2.90 bits per heavy atom. The number of aromatic nitrogens is 2. The number of hydrogen-bond donors (Lipinski definition) is 1. The zero-order valence-electron chi connectivity index (χ0n) is 12.9. The molecule has 0 unspecified atom stereocenters. The molecular weight excluding hydrogens is 278 g/mol. The molecule has 0 radical (unpaired) electrons. The molecular formula is C17H23N3S. The first kappa shape index (κ1) is 14.7. The lowest BCUT2D eigenvalue weighted by Gasteiger charge is -2.02. The Labute approximate surface area is 130 Å². The van der Waals surface area contributed by atoms with E-state index in [4.69, 9.17) is 4.98 Å². The molecule has 3 rings (SSSR count). The van der Waals surface area contributed by atoms with Crippen LogP contribution >= 0.6 is 11.3 Å². The van der Waals surface area contributed by atoms with Gasteiger partial charge in [0.2, 0.25) is 0 Å². The van der Waals surface area contributed by atoms with Crippen molar-refractivity contribution in [2.45, 2.75) is 58.5 Å². The minimum atomic E-state index is 0.742. The predicted octanol–water partition coefficient (Wildman–Crippen LogP) is 3.97. The van der Waals surface area contributed by atoms with E-state index in [1.807, 2.05) is 23.6 Å². The van der Waals surface area contributed by atoms with Crippen molar-refractivity contribution >= 4 is 11.3 Å². The van der Waals surface area contributed by atoms with Crippen molar-refractivity contribution in [3.05, 3.63) is 34.5 Å². The van der Waals surface area contributed by atoms with Gasteiger partial charge >= 0.3 is 0 Å². The smallest absolute Gasteiger partial charge is 0.142 e. The van der Waals surface area contributed by atoms with Gasteiger partial charge in [0.05, 0.1) is 5.69 Å². The third kappa shape index (κ3) is 3.50. The molecule has 0 spiro atoms. The van der Waals surface area contributed by atoms with Gasteiger partial charge in [-0.1, -0.05) is 26.3 Å². The number of nitrogens with zero attached hydrogens (tertiary/aromatic N) is 2. The first-order chi connectivity index (χ1) is 10.3. The van der Waals surface area contributed by atoms with Gasteiger partial charge in [0, 0.05) is 23.7 Å². The first-order valence-corrected chi connectivity index (χ1v) is 8.79. The summed E-state index contributed by atoms with van der Waals surface area (Å²) in [4.78, 5) is 10.9. The molecule has 112 valence electrons. The van der Waals surface area contributed by atoms with Gasteiger partial charge in [-0.05, 0) is 37.3 Å². The van der Waals surface area contributed by atoms with Crippen LogP contribution < -0.4 is 5.32 Å². The second-order valence-electron chi connectivity index (χ2n) is 5.66. The molecule has 1 aliphatic carbocycles. The quantitative estimate of drug-likeness (QED) is 0.841. The molecule has 1 aliphatic rings. The van der Waals surface area contributed by atoms with Crippen LogP contribution in [-0.2, 0) is 19.4 Å². The third-order valence-corrected chi connectivity index (χ3v) is 4.97. The van der Waals surface area contributed by atoms with Crippen molar-refractivity contribution in [2.75, 3.05) is 0 Å². The Kier molecular flexibility index (Phi) is 4.66. The summed E-state index contributed by atoms with van der Waals surface area (Å²) in [6.07, 6.45) is 7.73. The topological polar surface area (TPSA) is 37.8 Å². The Morgan fingerprint density at radius 2 is 2.19 bits per heavy atom. The Bertz CT molecular complexity index is 602. The highest BCUT2D eigenvalue weighted by Crippen LogP contribution is 2.30. The molecule has 0 atom stereocenters. The van der Waals surface area contributed by atoms with Crippen molar-refractivity contribution < 1.29 is 0 Å². The first-order valence-electron chi connectivity index (χ1n) is 7.98. The molecule has 3 nitrogen and oxygen atoms in total. The molecule has 1 N–H and O–H groups in total. The molecule has 2 aromatic heterocycles. The van der Waals surface area contributed by atoms with E-state index < -0.39 is 0 Å². The highest BCUT2D eigenvalue weighted by molar-refractivity contribution is 7.15. The molecule has 0 bridgehead atoms. The molecule has 0 saturated heterocycles. The van der Waals surface area contributed by atoms with Crippen LogP contribution in [0.5, 0.6) is 0 Å². The van der Waals surface area contributed by atoms with E-state index in [0.29, 0.717) is 0 Å². The average Bonchev–Trinajstić information content (AvgIpc) is 3.26. The molecule has 1 saturated carbocycles. The SMILES string of the molecule is CCCc1nc(-c2ncccc2CC)sc1CNC1CC1. The van der Waals surface area contributed by atoms with Crippen LogP contribution in [0.25, 0.3) is 10.7 Å².